The first kappa shape index (κ1) is 14.3. The summed E-state index contributed by atoms with van der Waals surface area (Å²) in [7, 11) is 1.44. The lowest BCUT2D eigenvalue weighted by molar-refractivity contribution is -0.147. The Morgan fingerprint density at radius 2 is 2.05 bits per heavy atom. The Labute approximate surface area is 121 Å². The Balaban J connectivity index is 1.90. The van der Waals surface area contributed by atoms with Crippen LogP contribution in [-0.4, -0.2) is 24.2 Å². The zero-order valence-electron chi connectivity index (χ0n) is 11.2. The van der Waals surface area contributed by atoms with E-state index in [4.69, 9.17) is 9.47 Å². The highest BCUT2D eigenvalue weighted by molar-refractivity contribution is 9.10. The molecule has 5 heteroatoms. The number of hydrogen-bond donors (Lipinski definition) is 0. The van der Waals surface area contributed by atoms with E-state index in [0.29, 0.717) is 5.88 Å². The Morgan fingerprint density at radius 3 is 2.63 bits per heavy atom. The molecule has 1 heterocycles. The molecule has 2 rings (SSSR count). The van der Waals surface area contributed by atoms with Gasteiger partial charge in [0.2, 0.25) is 5.88 Å². The van der Waals surface area contributed by atoms with Gasteiger partial charge in [0, 0.05) is 16.2 Å². The monoisotopic (exact) mass is 327 g/mol. The van der Waals surface area contributed by atoms with E-state index in [1.165, 1.54) is 7.11 Å². The Kier molecular flexibility index (Phi) is 4.80. The summed E-state index contributed by atoms with van der Waals surface area (Å²) >= 11 is 3.38. The van der Waals surface area contributed by atoms with Crippen molar-refractivity contribution in [1.29, 1.82) is 0 Å². The summed E-state index contributed by atoms with van der Waals surface area (Å²) in [6.45, 7) is 1.98. The van der Waals surface area contributed by atoms with Crippen molar-refractivity contribution in [2.75, 3.05) is 7.11 Å². The molecule has 1 aliphatic rings. The maximum absolute atomic E-state index is 11.4. The van der Waals surface area contributed by atoms with Gasteiger partial charge in [-0.1, -0.05) is 0 Å². The van der Waals surface area contributed by atoms with Crippen molar-refractivity contribution in [2.45, 2.75) is 38.7 Å². The van der Waals surface area contributed by atoms with Crippen LogP contribution < -0.4 is 4.74 Å². The van der Waals surface area contributed by atoms with Gasteiger partial charge in [0.25, 0.3) is 0 Å². The summed E-state index contributed by atoms with van der Waals surface area (Å²) in [5, 5.41) is 0. The normalized spacial score (nSPS) is 22.9. The lowest BCUT2D eigenvalue weighted by Gasteiger charge is -2.27. The minimum absolute atomic E-state index is 0.0313. The van der Waals surface area contributed by atoms with Crippen molar-refractivity contribution < 1.29 is 14.3 Å². The highest BCUT2D eigenvalue weighted by Crippen LogP contribution is 2.29. The number of carbonyl (C=O) groups is 1. The molecule has 104 valence electrons. The smallest absolute Gasteiger partial charge is 0.308 e. The van der Waals surface area contributed by atoms with Gasteiger partial charge in [0.15, 0.2) is 0 Å². The zero-order valence-corrected chi connectivity index (χ0v) is 12.8. The first-order valence-corrected chi connectivity index (χ1v) is 7.26. The number of pyridine rings is 1. The molecule has 0 radical (unpaired) electrons. The van der Waals surface area contributed by atoms with Crippen molar-refractivity contribution in [3.05, 3.63) is 22.3 Å². The van der Waals surface area contributed by atoms with E-state index in [1.807, 2.05) is 13.0 Å². The summed E-state index contributed by atoms with van der Waals surface area (Å²) in [5.41, 5.74) is 1.02. The molecule has 1 aromatic rings. The largest absolute Gasteiger partial charge is 0.474 e. The van der Waals surface area contributed by atoms with Gasteiger partial charge in [-0.15, -0.1) is 0 Å². The predicted molar refractivity (Wildman–Crippen MR) is 75.1 cm³/mol. The first-order chi connectivity index (χ1) is 9.10. The number of aryl methyl sites for hydroxylation is 1. The van der Waals surface area contributed by atoms with Crippen molar-refractivity contribution in [1.82, 2.24) is 4.98 Å². The second-order valence-electron chi connectivity index (χ2n) is 4.89. The fraction of sp³-hybridized carbons (Fsp3) is 0.571. The second kappa shape index (κ2) is 6.37. The Hall–Kier alpha value is -1.10. The third-order valence-electron chi connectivity index (χ3n) is 3.48. The van der Waals surface area contributed by atoms with E-state index >= 15 is 0 Å². The summed E-state index contributed by atoms with van der Waals surface area (Å²) in [6, 6.07) is 1.99. The molecule has 1 saturated carbocycles. The molecule has 1 fully saturated rings. The number of aromatic nitrogens is 1. The van der Waals surface area contributed by atoms with Gasteiger partial charge in [0.1, 0.15) is 6.10 Å². The fourth-order valence-electron chi connectivity index (χ4n) is 2.39. The molecule has 0 spiro atoms. The number of hydrogen-bond acceptors (Lipinski definition) is 4. The van der Waals surface area contributed by atoms with Gasteiger partial charge >= 0.3 is 5.97 Å². The zero-order chi connectivity index (χ0) is 13.8. The molecule has 0 saturated heterocycles. The van der Waals surface area contributed by atoms with Crippen LogP contribution in [0.4, 0.5) is 0 Å². The SMILES string of the molecule is COC(=O)[C@H]1CC[C@H](Oc2ncc(Br)cc2C)CC1. The third kappa shape index (κ3) is 3.69. The summed E-state index contributed by atoms with van der Waals surface area (Å²) in [6.07, 6.45) is 5.28. The fourth-order valence-corrected chi connectivity index (χ4v) is 2.84. The lowest BCUT2D eigenvalue weighted by atomic mass is 9.87. The van der Waals surface area contributed by atoms with E-state index < -0.39 is 0 Å². The lowest BCUT2D eigenvalue weighted by Crippen LogP contribution is -2.29. The van der Waals surface area contributed by atoms with Crippen molar-refractivity contribution in [2.24, 2.45) is 5.92 Å². The molecule has 0 unspecified atom stereocenters. The number of carbonyl (C=O) groups excluding carboxylic acids is 1. The second-order valence-corrected chi connectivity index (χ2v) is 5.81. The van der Waals surface area contributed by atoms with E-state index in [0.717, 1.165) is 35.7 Å². The summed E-state index contributed by atoms with van der Waals surface area (Å²) in [4.78, 5) is 15.7. The van der Waals surface area contributed by atoms with Crippen LogP contribution >= 0.6 is 15.9 Å². The molecule has 0 bridgehead atoms. The van der Waals surface area contributed by atoms with Gasteiger partial charge in [-0.05, 0) is 54.6 Å². The van der Waals surface area contributed by atoms with E-state index in [1.54, 1.807) is 6.20 Å². The van der Waals surface area contributed by atoms with Gasteiger partial charge in [-0.2, -0.15) is 0 Å². The van der Waals surface area contributed by atoms with Crippen LogP contribution in [-0.2, 0) is 9.53 Å². The van der Waals surface area contributed by atoms with Crippen molar-refractivity contribution >= 4 is 21.9 Å². The maximum atomic E-state index is 11.4. The average Bonchev–Trinajstić information content (AvgIpc) is 2.42. The maximum Gasteiger partial charge on any atom is 0.308 e. The van der Waals surface area contributed by atoms with Gasteiger partial charge in [-0.3, -0.25) is 4.79 Å². The molecule has 19 heavy (non-hydrogen) atoms. The topological polar surface area (TPSA) is 48.4 Å². The molecule has 0 aliphatic heterocycles. The number of nitrogens with zero attached hydrogens (tertiary/aromatic N) is 1. The summed E-state index contributed by atoms with van der Waals surface area (Å²) in [5.74, 6) is 0.616. The van der Waals surface area contributed by atoms with Crippen molar-refractivity contribution in [3.8, 4) is 5.88 Å². The quantitative estimate of drug-likeness (QED) is 0.799. The highest BCUT2D eigenvalue weighted by Gasteiger charge is 2.28. The molecular weight excluding hydrogens is 310 g/mol. The van der Waals surface area contributed by atoms with E-state index in [-0.39, 0.29) is 18.0 Å². The van der Waals surface area contributed by atoms with Crippen LogP contribution in [0, 0.1) is 12.8 Å². The summed E-state index contributed by atoms with van der Waals surface area (Å²) < 4.78 is 11.6. The minimum atomic E-state index is -0.101. The molecule has 4 nitrogen and oxygen atoms in total. The number of ether oxygens (including phenoxy) is 2. The van der Waals surface area contributed by atoms with Crippen LogP contribution in [0.5, 0.6) is 5.88 Å². The van der Waals surface area contributed by atoms with E-state index in [9.17, 15) is 4.79 Å². The van der Waals surface area contributed by atoms with Crippen molar-refractivity contribution in [3.63, 3.8) is 0 Å². The average molecular weight is 328 g/mol. The molecule has 0 aromatic carbocycles. The molecule has 1 aliphatic carbocycles. The van der Waals surface area contributed by atoms with Crippen LogP contribution in [0.2, 0.25) is 0 Å². The van der Waals surface area contributed by atoms with E-state index in [2.05, 4.69) is 20.9 Å². The molecule has 0 N–H and O–H groups in total. The molecular formula is C14H18BrNO3. The highest BCUT2D eigenvalue weighted by atomic mass is 79.9. The first-order valence-electron chi connectivity index (χ1n) is 6.46. The number of halogens is 1. The predicted octanol–water partition coefficient (Wildman–Crippen LogP) is 3.26. The molecule has 1 aromatic heterocycles. The minimum Gasteiger partial charge on any atom is -0.474 e. The van der Waals surface area contributed by atoms with Gasteiger partial charge < -0.3 is 9.47 Å². The van der Waals surface area contributed by atoms with Crippen LogP contribution in [0.1, 0.15) is 31.2 Å². The van der Waals surface area contributed by atoms with Gasteiger partial charge in [-0.25, -0.2) is 4.98 Å². The third-order valence-corrected chi connectivity index (χ3v) is 3.92. The Bertz CT molecular complexity index is 456. The standard InChI is InChI=1S/C14H18BrNO3/c1-9-7-11(15)8-16-13(9)19-12-5-3-10(4-6-12)14(17)18-2/h7-8,10,12H,3-6H2,1-2H3/t10-,12-. The van der Waals surface area contributed by atoms with Crippen LogP contribution in [0.3, 0.4) is 0 Å². The molecule has 0 amide bonds. The number of esters is 1. The van der Waals surface area contributed by atoms with Crippen LogP contribution in [0.15, 0.2) is 16.7 Å². The van der Waals surface area contributed by atoms with Crippen LogP contribution in [0.25, 0.3) is 0 Å². The number of rotatable bonds is 3. The molecule has 0 atom stereocenters. The number of methoxy groups -OCH3 is 1. The Morgan fingerprint density at radius 1 is 1.37 bits per heavy atom. The van der Waals surface area contributed by atoms with Gasteiger partial charge in [0.05, 0.1) is 13.0 Å².